The van der Waals surface area contributed by atoms with Gasteiger partial charge in [-0.15, -0.1) is 0 Å². The molecule has 0 aliphatic heterocycles. The van der Waals surface area contributed by atoms with Crippen molar-refractivity contribution in [3.63, 3.8) is 0 Å². The van der Waals surface area contributed by atoms with Crippen molar-refractivity contribution in [1.29, 1.82) is 0 Å². The van der Waals surface area contributed by atoms with Gasteiger partial charge in [0.2, 0.25) is 5.91 Å². The zero-order chi connectivity index (χ0) is 12.1. The summed E-state index contributed by atoms with van der Waals surface area (Å²) in [6, 6.07) is 8.21. The van der Waals surface area contributed by atoms with Crippen LogP contribution in [0.2, 0.25) is 0 Å². The quantitative estimate of drug-likeness (QED) is 0.757. The number of carbonyl (C=O) groups is 1. The van der Waals surface area contributed by atoms with Gasteiger partial charge in [-0.1, -0.05) is 12.1 Å². The second-order valence-electron chi connectivity index (χ2n) is 3.95. The van der Waals surface area contributed by atoms with Gasteiger partial charge in [-0.2, -0.15) is 0 Å². The van der Waals surface area contributed by atoms with E-state index in [0.717, 1.165) is 11.9 Å². The van der Waals surface area contributed by atoms with E-state index in [2.05, 4.69) is 22.4 Å². The highest BCUT2D eigenvalue weighted by Gasteiger charge is 1.97. The zero-order valence-corrected chi connectivity index (χ0v) is 9.52. The molecular formula is C13H15N3O. The average molecular weight is 229 g/mol. The van der Waals surface area contributed by atoms with Crippen LogP contribution in [0.15, 0.2) is 36.7 Å². The predicted molar refractivity (Wildman–Crippen MR) is 67.3 cm³/mol. The third-order valence-electron chi connectivity index (χ3n) is 2.58. The lowest BCUT2D eigenvalue weighted by Gasteiger charge is -2.05. The second-order valence-corrected chi connectivity index (χ2v) is 3.95. The van der Waals surface area contributed by atoms with Crippen LogP contribution in [0.3, 0.4) is 0 Å². The molecule has 3 N–H and O–H groups in total. The number of pyridine rings is 1. The molecule has 1 aromatic carbocycles. The fourth-order valence-electron chi connectivity index (χ4n) is 1.69. The van der Waals surface area contributed by atoms with Crippen molar-refractivity contribution < 1.29 is 4.79 Å². The van der Waals surface area contributed by atoms with Gasteiger partial charge in [-0.05, 0) is 23.1 Å². The Morgan fingerprint density at radius 3 is 3.00 bits per heavy atom. The van der Waals surface area contributed by atoms with E-state index in [1.807, 2.05) is 18.3 Å². The van der Waals surface area contributed by atoms with Gasteiger partial charge in [0.1, 0.15) is 0 Å². The van der Waals surface area contributed by atoms with E-state index in [0.29, 0.717) is 13.0 Å². The average Bonchev–Trinajstić information content (AvgIpc) is 2.34. The second kappa shape index (κ2) is 5.41. The van der Waals surface area contributed by atoms with Crippen LogP contribution in [-0.4, -0.2) is 17.4 Å². The molecule has 0 atom stereocenters. The molecule has 0 unspecified atom stereocenters. The van der Waals surface area contributed by atoms with Crippen molar-refractivity contribution in [3.8, 4) is 0 Å². The van der Waals surface area contributed by atoms with Crippen LogP contribution >= 0.6 is 0 Å². The molecule has 0 spiro atoms. The molecule has 1 heterocycles. The molecule has 2 rings (SSSR count). The first-order valence-electron chi connectivity index (χ1n) is 5.57. The number of nitrogens with two attached hydrogens (primary N) is 1. The summed E-state index contributed by atoms with van der Waals surface area (Å²) in [5.41, 5.74) is 6.25. The Bertz CT molecular complexity index is 525. The molecule has 4 heteroatoms. The molecule has 1 amide bonds. The molecule has 17 heavy (non-hydrogen) atoms. The number of nitrogens with one attached hydrogen (secondary N) is 1. The van der Waals surface area contributed by atoms with E-state index in [4.69, 9.17) is 5.73 Å². The number of benzene rings is 1. The van der Waals surface area contributed by atoms with E-state index in [9.17, 15) is 4.79 Å². The molecule has 0 aliphatic rings. The third kappa shape index (κ3) is 3.26. The highest BCUT2D eigenvalue weighted by molar-refractivity contribution is 5.82. The molecule has 0 radical (unpaired) electrons. The fourth-order valence-corrected chi connectivity index (χ4v) is 1.69. The molecule has 2 aromatic rings. The van der Waals surface area contributed by atoms with Gasteiger partial charge in [0.15, 0.2) is 0 Å². The minimum absolute atomic E-state index is 0.276. The highest BCUT2D eigenvalue weighted by Crippen LogP contribution is 2.14. The number of hydrogen-bond donors (Lipinski definition) is 2. The van der Waals surface area contributed by atoms with Crippen LogP contribution in [0, 0.1) is 0 Å². The third-order valence-corrected chi connectivity index (χ3v) is 2.58. The maximum Gasteiger partial charge on any atom is 0.218 e. The number of rotatable bonds is 5. The number of amides is 1. The van der Waals surface area contributed by atoms with E-state index in [1.165, 1.54) is 10.9 Å². The van der Waals surface area contributed by atoms with Gasteiger partial charge in [0.05, 0.1) is 0 Å². The largest absolute Gasteiger partial charge is 0.370 e. The Balaban J connectivity index is 1.97. The van der Waals surface area contributed by atoms with Gasteiger partial charge in [0, 0.05) is 37.3 Å². The smallest absolute Gasteiger partial charge is 0.218 e. The molecule has 0 fully saturated rings. The summed E-state index contributed by atoms with van der Waals surface area (Å²) in [5, 5.41) is 5.49. The summed E-state index contributed by atoms with van der Waals surface area (Å²) < 4.78 is 0. The minimum Gasteiger partial charge on any atom is -0.370 e. The van der Waals surface area contributed by atoms with E-state index in [-0.39, 0.29) is 5.91 Å². The number of aromatic nitrogens is 1. The van der Waals surface area contributed by atoms with Gasteiger partial charge in [0.25, 0.3) is 0 Å². The maximum atomic E-state index is 10.6. The minimum atomic E-state index is -0.276. The molecule has 88 valence electrons. The standard InChI is InChI=1S/C13H15N3O/c14-13(17)4-6-15-8-10-1-2-12-9-16-5-3-11(12)7-10/h1-3,5,7,9,15H,4,6,8H2,(H2,14,17). The molecule has 0 bridgehead atoms. The molecule has 1 aromatic heterocycles. The van der Waals surface area contributed by atoms with E-state index < -0.39 is 0 Å². The Hall–Kier alpha value is -1.94. The lowest BCUT2D eigenvalue weighted by Crippen LogP contribution is -2.21. The summed E-state index contributed by atoms with van der Waals surface area (Å²) in [6.07, 6.45) is 4.00. The predicted octanol–water partition coefficient (Wildman–Crippen LogP) is 1.20. The zero-order valence-electron chi connectivity index (χ0n) is 9.52. The van der Waals surface area contributed by atoms with Gasteiger partial charge in [-0.25, -0.2) is 0 Å². The summed E-state index contributed by atoms with van der Waals surface area (Å²) in [4.78, 5) is 14.6. The van der Waals surface area contributed by atoms with Crippen molar-refractivity contribution in [2.24, 2.45) is 5.73 Å². The summed E-state index contributed by atoms with van der Waals surface area (Å²) >= 11 is 0. The van der Waals surface area contributed by atoms with Crippen molar-refractivity contribution >= 4 is 16.7 Å². The van der Waals surface area contributed by atoms with Crippen LogP contribution < -0.4 is 11.1 Å². The fraction of sp³-hybridized carbons (Fsp3) is 0.231. The highest BCUT2D eigenvalue weighted by atomic mass is 16.1. The molecule has 0 saturated carbocycles. The Morgan fingerprint density at radius 1 is 1.29 bits per heavy atom. The Labute approximate surface area is 99.8 Å². The van der Waals surface area contributed by atoms with Gasteiger partial charge < -0.3 is 11.1 Å². The number of nitrogens with zero attached hydrogens (tertiary/aromatic N) is 1. The summed E-state index contributed by atoms with van der Waals surface area (Å²) in [6.45, 7) is 1.36. The summed E-state index contributed by atoms with van der Waals surface area (Å²) in [7, 11) is 0. The Morgan fingerprint density at radius 2 is 2.18 bits per heavy atom. The van der Waals surface area contributed by atoms with Crippen molar-refractivity contribution in [3.05, 3.63) is 42.2 Å². The van der Waals surface area contributed by atoms with E-state index >= 15 is 0 Å². The van der Waals surface area contributed by atoms with Crippen LogP contribution in [0.4, 0.5) is 0 Å². The van der Waals surface area contributed by atoms with E-state index in [1.54, 1.807) is 6.20 Å². The number of fused-ring (bicyclic) bond motifs is 1. The molecule has 0 saturated heterocycles. The summed E-state index contributed by atoms with van der Waals surface area (Å²) in [5.74, 6) is -0.276. The lowest BCUT2D eigenvalue weighted by atomic mass is 10.1. The molecule has 0 aliphatic carbocycles. The van der Waals surface area contributed by atoms with Crippen LogP contribution in [-0.2, 0) is 11.3 Å². The molecule has 4 nitrogen and oxygen atoms in total. The maximum absolute atomic E-state index is 10.6. The van der Waals surface area contributed by atoms with Crippen molar-refractivity contribution in [1.82, 2.24) is 10.3 Å². The Kier molecular flexibility index (Phi) is 3.67. The normalized spacial score (nSPS) is 10.6. The topological polar surface area (TPSA) is 68.0 Å². The number of hydrogen-bond acceptors (Lipinski definition) is 3. The lowest BCUT2D eigenvalue weighted by molar-refractivity contribution is -0.117. The first-order valence-corrected chi connectivity index (χ1v) is 5.57. The first kappa shape index (κ1) is 11.5. The molecular weight excluding hydrogens is 214 g/mol. The number of carbonyl (C=O) groups excluding carboxylic acids is 1. The first-order chi connectivity index (χ1) is 8.25. The van der Waals surface area contributed by atoms with Crippen molar-refractivity contribution in [2.75, 3.05) is 6.54 Å². The van der Waals surface area contributed by atoms with Gasteiger partial charge >= 0.3 is 0 Å². The monoisotopic (exact) mass is 229 g/mol. The number of primary amides is 1. The SMILES string of the molecule is NC(=O)CCNCc1ccc2cnccc2c1. The van der Waals surface area contributed by atoms with Crippen LogP contribution in [0.5, 0.6) is 0 Å². The van der Waals surface area contributed by atoms with Crippen molar-refractivity contribution in [2.45, 2.75) is 13.0 Å². The van der Waals surface area contributed by atoms with Crippen LogP contribution in [0.1, 0.15) is 12.0 Å². The van der Waals surface area contributed by atoms with Crippen LogP contribution in [0.25, 0.3) is 10.8 Å². The van der Waals surface area contributed by atoms with Gasteiger partial charge in [-0.3, -0.25) is 9.78 Å².